The zero-order valence-electron chi connectivity index (χ0n) is 11.3. The molecule has 1 aliphatic rings. The van der Waals surface area contributed by atoms with E-state index in [4.69, 9.17) is 11.6 Å². The monoisotopic (exact) mass is 345 g/mol. The number of nitrogens with one attached hydrogen (secondary N) is 1. The topological polar surface area (TPSA) is 32.3 Å². The fourth-order valence-corrected chi connectivity index (χ4v) is 3.71. The van der Waals surface area contributed by atoms with Gasteiger partial charge in [0, 0.05) is 22.6 Å². The molecule has 0 saturated heterocycles. The lowest BCUT2D eigenvalue weighted by Gasteiger charge is -2.35. The van der Waals surface area contributed by atoms with Gasteiger partial charge in [0.1, 0.15) is 0 Å². The fourth-order valence-electron chi connectivity index (χ4n) is 2.89. The molecule has 0 bridgehead atoms. The van der Waals surface area contributed by atoms with Gasteiger partial charge in [-0.2, -0.15) is 0 Å². The van der Waals surface area contributed by atoms with E-state index in [2.05, 4.69) is 28.2 Å². The van der Waals surface area contributed by atoms with Gasteiger partial charge in [0.15, 0.2) is 0 Å². The SMILES string of the molecule is CC1CCCC(O)(CNCc2ccc(Cl)cc2Br)C1. The molecular weight excluding hydrogens is 326 g/mol. The zero-order chi connectivity index (χ0) is 13.9. The molecule has 2 unspecified atom stereocenters. The molecule has 106 valence electrons. The van der Waals surface area contributed by atoms with Gasteiger partial charge in [0.25, 0.3) is 0 Å². The average molecular weight is 347 g/mol. The lowest BCUT2D eigenvalue weighted by Crippen LogP contribution is -2.43. The Morgan fingerprint density at radius 1 is 1.53 bits per heavy atom. The van der Waals surface area contributed by atoms with Gasteiger partial charge >= 0.3 is 0 Å². The lowest BCUT2D eigenvalue weighted by molar-refractivity contribution is -0.0119. The van der Waals surface area contributed by atoms with E-state index < -0.39 is 5.60 Å². The molecular formula is C15H21BrClNO. The molecule has 4 heteroatoms. The second-order valence-electron chi connectivity index (χ2n) is 5.77. The summed E-state index contributed by atoms with van der Waals surface area (Å²) in [5.74, 6) is 0.628. The highest BCUT2D eigenvalue weighted by Gasteiger charge is 2.31. The van der Waals surface area contributed by atoms with Gasteiger partial charge in [0.2, 0.25) is 0 Å². The second-order valence-corrected chi connectivity index (χ2v) is 7.06. The Hall–Kier alpha value is -0.0900. The standard InChI is InChI=1S/C15H21BrClNO/c1-11-3-2-6-15(19,8-11)10-18-9-12-4-5-13(17)7-14(12)16/h4-5,7,11,18-19H,2-3,6,8-10H2,1H3. The minimum atomic E-state index is -0.531. The van der Waals surface area contributed by atoms with Crippen LogP contribution in [0, 0.1) is 5.92 Å². The molecule has 1 aliphatic carbocycles. The van der Waals surface area contributed by atoms with Gasteiger partial charge in [-0.3, -0.25) is 0 Å². The Morgan fingerprint density at radius 3 is 3.00 bits per heavy atom. The van der Waals surface area contributed by atoms with Crippen molar-refractivity contribution in [3.8, 4) is 0 Å². The van der Waals surface area contributed by atoms with Crippen LogP contribution in [0.4, 0.5) is 0 Å². The summed E-state index contributed by atoms with van der Waals surface area (Å²) in [6.07, 6.45) is 4.18. The Bertz CT molecular complexity index is 440. The van der Waals surface area contributed by atoms with Crippen LogP contribution in [0.15, 0.2) is 22.7 Å². The van der Waals surface area contributed by atoms with Crippen LogP contribution in [-0.4, -0.2) is 17.3 Å². The summed E-state index contributed by atoms with van der Waals surface area (Å²) >= 11 is 9.43. The van der Waals surface area contributed by atoms with E-state index in [9.17, 15) is 5.11 Å². The molecule has 0 amide bonds. The highest BCUT2D eigenvalue weighted by molar-refractivity contribution is 9.10. The fraction of sp³-hybridized carbons (Fsp3) is 0.600. The van der Waals surface area contributed by atoms with Crippen molar-refractivity contribution in [1.29, 1.82) is 0 Å². The van der Waals surface area contributed by atoms with Crippen LogP contribution in [0.5, 0.6) is 0 Å². The third-order valence-corrected chi connectivity index (χ3v) is 4.83. The first-order chi connectivity index (χ1) is 8.98. The van der Waals surface area contributed by atoms with E-state index in [1.54, 1.807) is 0 Å². The van der Waals surface area contributed by atoms with Crippen LogP contribution < -0.4 is 5.32 Å². The number of rotatable bonds is 4. The van der Waals surface area contributed by atoms with Crippen LogP contribution in [0.25, 0.3) is 0 Å². The van der Waals surface area contributed by atoms with Crippen molar-refractivity contribution in [2.45, 2.75) is 44.8 Å². The Morgan fingerprint density at radius 2 is 2.32 bits per heavy atom. The minimum Gasteiger partial charge on any atom is -0.389 e. The zero-order valence-corrected chi connectivity index (χ0v) is 13.6. The summed E-state index contributed by atoms with van der Waals surface area (Å²) in [6.45, 7) is 3.63. The van der Waals surface area contributed by atoms with Crippen LogP contribution in [0.1, 0.15) is 38.2 Å². The summed E-state index contributed by atoms with van der Waals surface area (Å²) in [5, 5.41) is 14.6. The first-order valence-corrected chi connectivity index (χ1v) is 8.03. The average Bonchev–Trinajstić information content (AvgIpc) is 2.31. The van der Waals surface area contributed by atoms with Crippen molar-refractivity contribution >= 4 is 27.5 Å². The number of hydrogen-bond donors (Lipinski definition) is 2. The molecule has 0 aliphatic heterocycles. The van der Waals surface area contributed by atoms with E-state index in [1.165, 1.54) is 6.42 Å². The quantitative estimate of drug-likeness (QED) is 0.859. The molecule has 2 N–H and O–H groups in total. The van der Waals surface area contributed by atoms with Crippen molar-refractivity contribution in [3.05, 3.63) is 33.3 Å². The molecule has 1 saturated carbocycles. The molecule has 2 rings (SSSR count). The highest BCUT2D eigenvalue weighted by atomic mass is 79.9. The molecule has 0 radical (unpaired) electrons. The highest BCUT2D eigenvalue weighted by Crippen LogP contribution is 2.31. The molecule has 2 nitrogen and oxygen atoms in total. The first-order valence-electron chi connectivity index (χ1n) is 6.85. The molecule has 1 fully saturated rings. The summed E-state index contributed by atoms with van der Waals surface area (Å²) < 4.78 is 1.01. The maximum Gasteiger partial charge on any atom is 0.0774 e. The third kappa shape index (κ3) is 4.45. The van der Waals surface area contributed by atoms with Gasteiger partial charge < -0.3 is 10.4 Å². The van der Waals surface area contributed by atoms with E-state index >= 15 is 0 Å². The van der Waals surface area contributed by atoms with E-state index in [0.717, 1.165) is 40.9 Å². The van der Waals surface area contributed by atoms with E-state index in [-0.39, 0.29) is 0 Å². The number of aliphatic hydroxyl groups is 1. The van der Waals surface area contributed by atoms with Gasteiger partial charge in [-0.15, -0.1) is 0 Å². The molecule has 0 heterocycles. The molecule has 1 aromatic rings. The molecule has 19 heavy (non-hydrogen) atoms. The minimum absolute atomic E-state index is 0.531. The van der Waals surface area contributed by atoms with Gasteiger partial charge in [0.05, 0.1) is 5.60 Å². The van der Waals surface area contributed by atoms with Gasteiger partial charge in [-0.25, -0.2) is 0 Å². The number of hydrogen-bond acceptors (Lipinski definition) is 2. The molecule has 1 aromatic carbocycles. The Kier molecular flexibility index (Phi) is 5.29. The van der Waals surface area contributed by atoms with Crippen LogP contribution in [0.3, 0.4) is 0 Å². The summed E-state index contributed by atoms with van der Waals surface area (Å²) in [6, 6.07) is 5.80. The maximum atomic E-state index is 10.5. The van der Waals surface area contributed by atoms with Gasteiger partial charge in [-0.05, 0) is 36.5 Å². The number of benzene rings is 1. The van der Waals surface area contributed by atoms with Crippen LogP contribution in [-0.2, 0) is 6.54 Å². The molecule has 2 atom stereocenters. The molecule has 0 spiro atoms. The second kappa shape index (κ2) is 6.57. The number of halogens is 2. The van der Waals surface area contributed by atoms with Crippen molar-refractivity contribution in [2.24, 2.45) is 5.92 Å². The van der Waals surface area contributed by atoms with E-state index in [1.807, 2.05) is 18.2 Å². The predicted octanol–water partition coefficient (Wildman–Crippen LogP) is 4.13. The summed E-state index contributed by atoms with van der Waals surface area (Å²) in [5.41, 5.74) is 0.633. The van der Waals surface area contributed by atoms with E-state index in [0.29, 0.717) is 12.5 Å². The maximum absolute atomic E-state index is 10.5. The lowest BCUT2D eigenvalue weighted by atomic mass is 9.79. The first kappa shape index (κ1) is 15.3. The predicted molar refractivity (Wildman–Crippen MR) is 83.4 cm³/mol. The van der Waals surface area contributed by atoms with Crippen LogP contribution in [0.2, 0.25) is 5.02 Å². The normalized spacial score (nSPS) is 27.5. The third-order valence-electron chi connectivity index (χ3n) is 3.85. The van der Waals surface area contributed by atoms with Crippen molar-refractivity contribution in [2.75, 3.05) is 6.54 Å². The van der Waals surface area contributed by atoms with Crippen molar-refractivity contribution in [1.82, 2.24) is 5.32 Å². The molecule has 0 aromatic heterocycles. The summed E-state index contributed by atoms with van der Waals surface area (Å²) in [7, 11) is 0. The van der Waals surface area contributed by atoms with Gasteiger partial charge in [-0.1, -0.05) is 53.4 Å². The van der Waals surface area contributed by atoms with Crippen molar-refractivity contribution < 1.29 is 5.11 Å². The Balaban J connectivity index is 1.85. The smallest absolute Gasteiger partial charge is 0.0774 e. The van der Waals surface area contributed by atoms with Crippen molar-refractivity contribution in [3.63, 3.8) is 0 Å². The Labute approximate surface area is 128 Å². The summed E-state index contributed by atoms with van der Waals surface area (Å²) in [4.78, 5) is 0. The largest absolute Gasteiger partial charge is 0.389 e. The van der Waals surface area contributed by atoms with Crippen LogP contribution >= 0.6 is 27.5 Å².